The molecule has 3 nitrogen and oxygen atoms in total. The number of benzene rings is 1. The van der Waals surface area contributed by atoms with Crippen molar-refractivity contribution in [2.24, 2.45) is 5.41 Å². The maximum Gasteiger partial charge on any atom is 0.330 e. The number of aliphatic hydroxyl groups is 1. The number of carbonyl (C=O) groups excluding carboxylic acids is 1. The summed E-state index contributed by atoms with van der Waals surface area (Å²) in [4.78, 5) is 11.3. The monoisotopic (exact) mass is 300 g/mol. The second kappa shape index (κ2) is 6.09. The van der Waals surface area contributed by atoms with E-state index < -0.39 is 11.6 Å². The van der Waals surface area contributed by atoms with Crippen LogP contribution in [0.5, 0.6) is 0 Å². The summed E-state index contributed by atoms with van der Waals surface area (Å²) < 4.78 is 4.62. The first-order chi connectivity index (χ1) is 10.3. The molecule has 0 heterocycles. The molecule has 2 rings (SSSR count). The molecule has 118 valence electrons. The fraction of sp³-hybridized carbons (Fsp3) is 0.421. The average Bonchev–Trinajstić information content (AvgIpc) is 2.49. The fourth-order valence-electron chi connectivity index (χ4n) is 2.97. The molecule has 0 aliphatic heterocycles. The van der Waals surface area contributed by atoms with Crippen LogP contribution in [0.15, 0.2) is 48.1 Å². The van der Waals surface area contributed by atoms with Crippen LogP contribution in [0.25, 0.3) is 0 Å². The zero-order valence-electron chi connectivity index (χ0n) is 13.7. The molecule has 1 N–H and O–H groups in total. The maximum atomic E-state index is 11.4. The van der Waals surface area contributed by atoms with Crippen LogP contribution in [0.3, 0.4) is 0 Å². The highest BCUT2D eigenvalue weighted by molar-refractivity contribution is 5.83. The number of ether oxygens (including phenoxy) is 1. The van der Waals surface area contributed by atoms with Crippen molar-refractivity contribution in [2.75, 3.05) is 7.11 Å². The minimum atomic E-state index is -1.05. The molecule has 0 fully saturated rings. The molecular weight excluding hydrogens is 276 g/mol. The third kappa shape index (κ3) is 3.00. The molecule has 1 aromatic rings. The lowest BCUT2D eigenvalue weighted by atomic mass is 9.62. The van der Waals surface area contributed by atoms with Crippen molar-refractivity contribution in [3.63, 3.8) is 0 Å². The zero-order valence-corrected chi connectivity index (χ0v) is 13.7. The first-order valence-electron chi connectivity index (χ1n) is 7.56. The second-order valence-electron chi connectivity index (χ2n) is 6.55. The molecule has 1 aliphatic rings. The Morgan fingerprint density at radius 1 is 1.32 bits per heavy atom. The van der Waals surface area contributed by atoms with Gasteiger partial charge in [-0.25, -0.2) is 4.79 Å². The number of aryl methyl sites for hydroxylation is 1. The molecule has 0 amide bonds. The molecule has 22 heavy (non-hydrogen) atoms. The van der Waals surface area contributed by atoms with E-state index >= 15 is 0 Å². The number of rotatable bonds is 3. The summed E-state index contributed by atoms with van der Waals surface area (Å²) >= 11 is 0. The number of methoxy groups -OCH3 is 1. The van der Waals surface area contributed by atoms with E-state index in [1.807, 2.05) is 25.1 Å². The van der Waals surface area contributed by atoms with Gasteiger partial charge in [0.05, 0.1) is 7.11 Å². The van der Waals surface area contributed by atoms with Crippen LogP contribution >= 0.6 is 0 Å². The highest BCUT2D eigenvalue weighted by Gasteiger charge is 2.46. The first-order valence-corrected chi connectivity index (χ1v) is 7.56. The Morgan fingerprint density at radius 2 is 2.00 bits per heavy atom. The van der Waals surface area contributed by atoms with Gasteiger partial charge in [0.2, 0.25) is 0 Å². The number of allylic oxidation sites excluding steroid dienone is 2. The van der Waals surface area contributed by atoms with Crippen LogP contribution in [-0.2, 0) is 21.6 Å². The smallest absolute Gasteiger partial charge is 0.330 e. The van der Waals surface area contributed by atoms with Gasteiger partial charge in [0.1, 0.15) is 5.60 Å². The van der Waals surface area contributed by atoms with Crippen molar-refractivity contribution in [3.05, 3.63) is 59.2 Å². The molecule has 1 aromatic carbocycles. The summed E-state index contributed by atoms with van der Waals surface area (Å²) in [6.45, 7) is 5.97. The fourth-order valence-corrected chi connectivity index (χ4v) is 2.97. The molecule has 0 spiro atoms. The van der Waals surface area contributed by atoms with E-state index in [2.05, 4.69) is 24.7 Å². The number of hydrogen-bond donors (Lipinski definition) is 1. The SMILES string of the molecule is COC(=O)C=C(C)C=C[C@@]1(O)c2ccccc2CCC1(C)C. The normalized spacial score (nSPS) is 24.1. The van der Waals surface area contributed by atoms with Crippen molar-refractivity contribution >= 4 is 5.97 Å². The van der Waals surface area contributed by atoms with Crippen molar-refractivity contribution in [1.29, 1.82) is 0 Å². The molecule has 0 aromatic heterocycles. The lowest BCUT2D eigenvalue weighted by Gasteiger charge is -2.46. The maximum absolute atomic E-state index is 11.4. The third-order valence-corrected chi connectivity index (χ3v) is 4.61. The highest BCUT2D eigenvalue weighted by atomic mass is 16.5. The van der Waals surface area contributed by atoms with E-state index in [0.29, 0.717) is 0 Å². The minimum Gasteiger partial charge on any atom is -0.466 e. The van der Waals surface area contributed by atoms with Crippen LogP contribution in [-0.4, -0.2) is 18.2 Å². The van der Waals surface area contributed by atoms with E-state index in [9.17, 15) is 9.90 Å². The molecule has 0 saturated carbocycles. The topological polar surface area (TPSA) is 46.5 Å². The predicted octanol–water partition coefficient (Wildman–Crippen LogP) is 3.52. The predicted molar refractivity (Wildman–Crippen MR) is 87.4 cm³/mol. The van der Waals surface area contributed by atoms with Gasteiger partial charge in [0.15, 0.2) is 0 Å². The number of esters is 1. The Labute approximate surface area is 132 Å². The van der Waals surface area contributed by atoms with Crippen LogP contribution in [0, 0.1) is 5.41 Å². The van der Waals surface area contributed by atoms with Crippen LogP contribution < -0.4 is 0 Å². The lowest BCUT2D eigenvalue weighted by molar-refractivity contribution is -0.134. The molecule has 0 radical (unpaired) electrons. The van der Waals surface area contributed by atoms with E-state index in [4.69, 9.17) is 0 Å². The van der Waals surface area contributed by atoms with Crippen LogP contribution in [0.2, 0.25) is 0 Å². The number of fused-ring (bicyclic) bond motifs is 1. The van der Waals surface area contributed by atoms with Gasteiger partial charge in [-0.2, -0.15) is 0 Å². The Morgan fingerprint density at radius 3 is 2.68 bits per heavy atom. The summed E-state index contributed by atoms with van der Waals surface area (Å²) in [5.41, 5.74) is 1.56. The van der Waals surface area contributed by atoms with Gasteiger partial charge >= 0.3 is 5.97 Å². The summed E-state index contributed by atoms with van der Waals surface area (Å²) in [6, 6.07) is 8.01. The molecule has 3 heteroatoms. The molecule has 0 bridgehead atoms. The van der Waals surface area contributed by atoms with Crippen LogP contribution in [0.1, 0.15) is 38.3 Å². The van der Waals surface area contributed by atoms with E-state index in [0.717, 1.165) is 24.0 Å². The molecule has 0 unspecified atom stereocenters. The molecule has 0 saturated heterocycles. The zero-order chi connectivity index (χ0) is 16.4. The molecular formula is C19H24O3. The van der Waals surface area contributed by atoms with E-state index in [1.165, 1.54) is 18.7 Å². The Kier molecular flexibility index (Phi) is 4.57. The van der Waals surface area contributed by atoms with E-state index in [1.54, 1.807) is 12.2 Å². The quantitative estimate of drug-likeness (QED) is 0.528. The lowest BCUT2D eigenvalue weighted by Crippen LogP contribution is -2.44. The third-order valence-electron chi connectivity index (χ3n) is 4.61. The minimum absolute atomic E-state index is 0.274. The van der Waals surface area contributed by atoms with Gasteiger partial charge in [0, 0.05) is 11.5 Å². The van der Waals surface area contributed by atoms with Gasteiger partial charge in [-0.15, -0.1) is 0 Å². The Hall–Kier alpha value is -1.87. The number of carbonyl (C=O) groups is 1. The van der Waals surface area contributed by atoms with Crippen molar-refractivity contribution in [1.82, 2.24) is 0 Å². The van der Waals surface area contributed by atoms with Gasteiger partial charge in [-0.3, -0.25) is 0 Å². The largest absolute Gasteiger partial charge is 0.466 e. The standard InChI is InChI=1S/C19H24O3/c1-14(13-17(20)22-4)9-12-19(21)16-8-6-5-7-15(16)10-11-18(19,2)3/h5-9,12-13,21H,10-11H2,1-4H3/t19-/m1/s1. The van der Waals surface area contributed by atoms with Gasteiger partial charge in [0.25, 0.3) is 0 Å². The summed E-state index contributed by atoms with van der Waals surface area (Å²) in [5, 5.41) is 11.4. The van der Waals surface area contributed by atoms with Crippen molar-refractivity contribution in [2.45, 2.75) is 39.2 Å². The van der Waals surface area contributed by atoms with Crippen molar-refractivity contribution < 1.29 is 14.6 Å². The molecule has 1 aliphatic carbocycles. The first kappa shape index (κ1) is 16.5. The van der Waals surface area contributed by atoms with Crippen LogP contribution in [0.4, 0.5) is 0 Å². The summed E-state index contributed by atoms with van der Waals surface area (Å²) in [5.74, 6) is -0.391. The molecule has 1 atom stereocenters. The summed E-state index contributed by atoms with van der Waals surface area (Å²) in [6.07, 6.45) is 6.89. The van der Waals surface area contributed by atoms with Gasteiger partial charge in [-0.1, -0.05) is 44.2 Å². The van der Waals surface area contributed by atoms with Crippen molar-refractivity contribution in [3.8, 4) is 0 Å². The van der Waals surface area contributed by atoms with E-state index in [-0.39, 0.29) is 5.41 Å². The van der Waals surface area contributed by atoms with Gasteiger partial charge in [-0.05, 0) is 42.5 Å². The highest BCUT2D eigenvalue weighted by Crippen LogP contribution is 2.49. The van der Waals surface area contributed by atoms with Gasteiger partial charge < -0.3 is 9.84 Å². The second-order valence-corrected chi connectivity index (χ2v) is 6.55. The Balaban J connectivity index is 2.42. The average molecular weight is 300 g/mol. The Bertz CT molecular complexity index is 625. The summed E-state index contributed by atoms with van der Waals surface area (Å²) in [7, 11) is 1.35. The number of hydrogen-bond acceptors (Lipinski definition) is 3.